The van der Waals surface area contributed by atoms with Gasteiger partial charge >= 0.3 is 5.97 Å². The second-order valence-corrected chi connectivity index (χ2v) is 3.25. The first kappa shape index (κ1) is 12.0. The predicted molar refractivity (Wildman–Crippen MR) is 58.4 cm³/mol. The van der Waals surface area contributed by atoms with Crippen LogP contribution in [-0.2, 0) is 9.59 Å². The number of anilines is 1. The van der Waals surface area contributed by atoms with Gasteiger partial charge in [-0.2, -0.15) is 0 Å². The summed E-state index contributed by atoms with van der Waals surface area (Å²) in [7, 11) is 1.48. The van der Waals surface area contributed by atoms with Crippen LogP contribution >= 0.6 is 0 Å². The Kier molecular flexibility index (Phi) is 3.88. The average molecular weight is 223 g/mol. The van der Waals surface area contributed by atoms with Crippen LogP contribution in [0.2, 0.25) is 0 Å². The fourth-order valence-corrected chi connectivity index (χ4v) is 1.10. The Labute approximate surface area is 93.0 Å². The van der Waals surface area contributed by atoms with Gasteiger partial charge in [-0.15, -0.1) is 0 Å². The van der Waals surface area contributed by atoms with Gasteiger partial charge in [0.2, 0.25) is 5.91 Å². The summed E-state index contributed by atoms with van der Waals surface area (Å²) in [5.74, 6) is -2.33. The van der Waals surface area contributed by atoms with E-state index in [1.807, 2.05) is 0 Å². The van der Waals surface area contributed by atoms with Gasteiger partial charge in [-0.05, 0) is 19.1 Å². The molecule has 86 valence electrons. The lowest BCUT2D eigenvalue weighted by atomic mass is 10.1. The molecular formula is C11H13NO4. The first-order chi connectivity index (χ1) is 7.56. The average Bonchev–Trinajstić information content (AvgIpc) is 2.28. The highest BCUT2D eigenvalue weighted by atomic mass is 16.5. The van der Waals surface area contributed by atoms with Crippen LogP contribution in [0.4, 0.5) is 5.69 Å². The van der Waals surface area contributed by atoms with Crippen LogP contribution in [0.5, 0.6) is 5.75 Å². The second kappa shape index (κ2) is 5.16. The Bertz CT molecular complexity index is 403. The topological polar surface area (TPSA) is 75.6 Å². The van der Waals surface area contributed by atoms with Crippen molar-refractivity contribution in [2.45, 2.75) is 6.92 Å². The molecule has 1 atom stereocenters. The summed E-state index contributed by atoms with van der Waals surface area (Å²) in [6.45, 7) is 1.33. The van der Waals surface area contributed by atoms with E-state index in [2.05, 4.69) is 5.32 Å². The summed E-state index contributed by atoms with van der Waals surface area (Å²) in [5, 5.41) is 11.2. The van der Waals surface area contributed by atoms with Gasteiger partial charge in [0.15, 0.2) is 0 Å². The number of carboxylic acids is 1. The maximum absolute atomic E-state index is 11.5. The molecule has 0 fully saturated rings. The molecule has 1 aromatic rings. The minimum absolute atomic E-state index is 0.461. The number of aliphatic carboxylic acids is 1. The molecule has 0 bridgehead atoms. The van der Waals surface area contributed by atoms with E-state index < -0.39 is 17.8 Å². The summed E-state index contributed by atoms with van der Waals surface area (Å²) < 4.78 is 5.02. The molecule has 1 rings (SSSR count). The van der Waals surface area contributed by atoms with Crippen LogP contribution in [0.25, 0.3) is 0 Å². The van der Waals surface area contributed by atoms with Crippen LogP contribution in [0, 0.1) is 5.92 Å². The molecular weight excluding hydrogens is 210 g/mol. The first-order valence-corrected chi connectivity index (χ1v) is 4.73. The molecule has 2 N–H and O–H groups in total. The van der Waals surface area contributed by atoms with Crippen LogP contribution in [0.3, 0.4) is 0 Å². The van der Waals surface area contributed by atoms with Gasteiger partial charge in [0.25, 0.3) is 0 Å². The number of carboxylic acid groups (broad SMARTS) is 1. The molecule has 0 aliphatic rings. The molecule has 0 saturated heterocycles. The summed E-state index contributed by atoms with van der Waals surface area (Å²) in [5.41, 5.74) is 0.461. The third kappa shape index (κ3) is 2.73. The number of hydrogen-bond donors (Lipinski definition) is 2. The van der Waals surface area contributed by atoms with Crippen molar-refractivity contribution in [3.8, 4) is 5.75 Å². The van der Waals surface area contributed by atoms with E-state index in [0.29, 0.717) is 11.4 Å². The minimum Gasteiger partial charge on any atom is -0.495 e. The molecule has 5 nitrogen and oxygen atoms in total. The zero-order chi connectivity index (χ0) is 12.1. The fraction of sp³-hybridized carbons (Fsp3) is 0.273. The fourth-order valence-electron chi connectivity index (χ4n) is 1.10. The summed E-state index contributed by atoms with van der Waals surface area (Å²) in [6, 6.07) is 6.81. The Morgan fingerprint density at radius 2 is 2.00 bits per heavy atom. The summed E-state index contributed by atoms with van der Waals surface area (Å²) >= 11 is 0. The smallest absolute Gasteiger partial charge is 0.315 e. The first-order valence-electron chi connectivity index (χ1n) is 4.73. The highest BCUT2D eigenvalue weighted by molar-refractivity contribution is 6.04. The number of ether oxygens (including phenoxy) is 1. The van der Waals surface area contributed by atoms with E-state index in [1.165, 1.54) is 14.0 Å². The highest BCUT2D eigenvalue weighted by Crippen LogP contribution is 2.23. The Morgan fingerprint density at radius 1 is 1.38 bits per heavy atom. The summed E-state index contributed by atoms with van der Waals surface area (Å²) in [6.07, 6.45) is 0. The number of carbonyl (C=O) groups excluding carboxylic acids is 1. The van der Waals surface area contributed by atoms with Gasteiger partial charge < -0.3 is 15.2 Å². The maximum Gasteiger partial charge on any atom is 0.315 e. The number of amides is 1. The SMILES string of the molecule is COc1ccccc1NC(=O)C(C)C(=O)O. The lowest BCUT2D eigenvalue weighted by Crippen LogP contribution is -2.27. The normalized spacial score (nSPS) is 11.6. The molecule has 0 aromatic heterocycles. The molecule has 0 heterocycles. The molecule has 5 heteroatoms. The van der Waals surface area contributed by atoms with Crippen molar-refractivity contribution >= 4 is 17.6 Å². The third-order valence-electron chi connectivity index (χ3n) is 2.13. The number of nitrogens with one attached hydrogen (secondary N) is 1. The van der Waals surface area contributed by atoms with Gasteiger partial charge in [-0.3, -0.25) is 9.59 Å². The molecule has 1 aromatic carbocycles. The van der Waals surface area contributed by atoms with Crippen molar-refractivity contribution in [3.63, 3.8) is 0 Å². The van der Waals surface area contributed by atoms with E-state index in [-0.39, 0.29) is 0 Å². The number of benzene rings is 1. The lowest BCUT2D eigenvalue weighted by molar-refractivity contribution is -0.144. The molecule has 0 saturated carbocycles. The van der Waals surface area contributed by atoms with E-state index in [0.717, 1.165) is 0 Å². The molecule has 0 radical (unpaired) electrons. The van der Waals surface area contributed by atoms with Crippen LogP contribution in [0.15, 0.2) is 24.3 Å². The maximum atomic E-state index is 11.5. The molecule has 16 heavy (non-hydrogen) atoms. The second-order valence-electron chi connectivity index (χ2n) is 3.25. The molecule has 1 unspecified atom stereocenters. The van der Waals surface area contributed by atoms with Crippen molar-refractivity contribution in [2.75, 3.05) is 12.4 Å². The van der Waals surface area contributed by atoms with Gasteiger partial charge in [0.1, 0.15) is 11.7 Å². The standard InChI is InChI=1S/C11H13NO4/c1-7(11(14)15)10(13)12-8-5-3-4-6-9(8)16-2/h3-7H,1-2H3,(H,12,13)(H,14,15). The van der Waals surface area contributed by atoms with E-state index >= 15 is 0 Å². The third-order valence-corrected chi connectivity index (χ3v) is 2.13. The quantitative estimate of drug-likeness (QED) is 0.755. The van der Waals surface area contributed by atoms with Gasteiger partial charge in [0, 0.05) is 0 Å². The van der Waals surface area contributed by atoms with Gasteiger partial charge in [-0.25, -0.2) is 0 Å². The van der Waals surface area contributed by atoms with Crippen LogP contribution in [0.1, 0.15) is 6.92 Å². The lowest BCUT2D eigenvalue weighted by Gasteiger charge is -2.11. The number of para-hydroxylation sites is 2. The van der Waals surface area contributed by atoms with Crippen LogP contribution in [-0.4, -0.2) is 24.1 Å². The van der Waals surface area contributed by atoms with Crippen LogP contribution < -0.4 is 10.1 Å². The van der Waals surface area contributed by atoms with Gasteiger partial charge in [0.05, 0.1) is 12.8 Å². The number of hydrogen-bond acceptors (Lipinski definition) is 3. The van der Waals surface area contributed by atoms with Crippen molar-refractivity contribution in [2.24, 2.45) is 5.92 Å². The predicted octanol–water partition coefficient (Wildman–Crippen LogP) is 1.35. The Hall–Kier alpha value is -2.04. The summed E-state index contributed by atoms with van der Waals surface area (Å²) in [4.78, 5) is 22.1. The zero-order valence-corrected chi connectivity index (χ0v) is 9.06. The zero-order valence-electron chi connectivity index (χ0n) is 9.06. The van der Waals surface area contributed by atoms with Crippen molar-refractivity contribution in [1.29, 1.82) is 0 Å². The monoisotopic (exact) mass is 223 g/mol. The number of rotatable bonds is 4. The Morgan fingerprint density at radius 3 is 2.56 bits per heavy atom. The molecule has 0 spiro atoms. The highest BCUT2D eigenvalue weighted by Gasteiger charge is 2.21. The van der Waals surface area contributed by atoms with E-state index in [4.69, 9.17) is 9.84 Å². The Balaban J connectivity index is 2.80. The molecule has 0 aliphatic carbocycles. The minimum atomic E-state index is -1.16. The van der Waals surface area contributed by atoms with Gasteiger partial charge in [-0.1, -0.05) is 12.1 Å². The number of carbonyl (C=O) groups is 2. The van der Waals surface area contributed by atoms with E-state index in [9.17, 15) is 9.59 Å². The molecule has 1 amide bonds. The van der Waals surface area contributed by atoms with Crippen molar-refractivity contribution in [3.05, 3.63) is 24.3 Å². The van der Waals surface area contributed by atoms with Crippen molar-refractivity contribution < 1.29 is 19.4 Å². The largest absolute Gasteiger partial charge is 0.495 e. The molecule has 0 aliphatic heterocycles. The van der Waals surface area contributed by atoms with Crippen molar-refractivity contribution in [1.82, 2.24) is 0 Å². The van der Waals surface area contributed by atoms with E-state index in [1.54, 1.807) is 24.3 Å². The number of methoxy groups -OCH3 is 1.